The summed E-state index contributed by atoms with van der Waals surface area (Å²) in [6.45, 7) is 9.58. The molecule has 4 nitrogen and oxygen atoms in total. The summed E-state index contributed by atoms with van der Waals surface area (Å²) >= 11 is 0. The van der Waals surface area contributed by atoms with Gasteiger partial charge in [0.15, 0.2) is 0 Å². The molecule has 1 aromatic rings. The van der Waals surface area contributed by atoms with Crippen molar-refractivity contribution >= 4 is 18.9 Å². The van der Waals surface area contributed by atoms with Crippen molar-refractivity contribution in [3.8, 4) is 0 Å². The minimum Gasteiger partial charge on any atom is -0.405 e. The Hall–Kier alpha value is -1.41. The second-order valence-electron chi connectivity index (χ2n) is 8.42. The van der Waals surface area contributed by atoms with Gasteiger partial charge in [0.1, 0.15) is 0 Å². The van der Waals surface area contributed by atoms with Crippen molar-refractivity contribution in [3.05, 3.63) is 34.4 Å². The summed E-state index contributed by atoms with van der Waals surface area (Å²) in [6, 6.07) is 3.86. The van der Waals surface area contributed by atoms with Crippen molar-refractivity contribution in [3.63, 3.8) is 0 Å². The van der Waals surface area contributed by atoms with Crippen molar-refractivity contribution in [1.29, 1.82) is 0 Å². The van der Waals surface area contributed by atoms with Crippen LogP contribution in [0.5, 0.6) is 0 Å². The standard InChI is InChI=1S/C23H35O4P/c1-6-7-11-17(3)22(24)27-28(26,20-12-9-8-10-13-20)23(25)21-18(4)14-16(2)15-19(21)5/h14-15,17,20H,6-13H2,1-5H3. The van der Waals surface area contributed by atoms with Crippen LogP contribution in [0.25, 0.3) is 0 Å². The maximum absolute atomic E-state index is 14.1. The Kier molecular flexibility index (Phi) is 8.07. The fourth-order valence-corrected chi connectivity index (χ4v) is 6.95. The summed E-state index contributed by atoms with van der Waals surface area (Å²) in [4.78, 5) is 26.3. The maximum atomic E-state index is 14.1. The Balaban J connectivity index is 2.40. The zero-order chi connectivity index (χ0) is 20.9. The molecule has 1 aliphatic carbocycles. The molecule has 1 aliphatic rings. The molecule has 1 aromatic carbocycles. The molecule has 0 heterocycles. The molecule has 5 heteroatoms. The van der Waals surface area contributed by atoms with Crippen LogP contribution in [0.2, 0.25) is 0 Å². The highest BCUT2D eigenvalue weighted by molar-refractivity contribution is 7.78. The number of carbonyl (C=O) groups excluding carboxylic acids is 2. The molecule has 0 aliphatic heterocycles. The first-order chi connectivity index (χ1) is 13.2. The third-order valence-electron chi connectivity index (χ3n) is 5.85. The minimum atomic E-state index is -3.81. The molecule has 0 bridgehead atoms. The van der Waals surface area contributed by atoms with Crippen LogP contribution in [0.4, 0.5) is 0 Å². The summed E-state index contributed by atoms with van der Waals surface area (Å²) in [5.74, 6) is -0.831. The smallest absolute Gasteiger partial charge is 0.321 e. The van der Waals surface area contributed by atoms with Crippen molar-refractivity contribution in [1.82, 2.24) is 0 Å². The van der Waals surface area contributed by atoms with E-state index in [1.165, 1.54) is 0 Å². The topological polar surface area (TPSA) is 60.4 Å². The number of unbranched alkanes of at least 4 members (excludes halogenated alkanes) is 1. The summed E-state index contributed by atoms with van der Waals surface area (Å²) in [6.07, 6.45) is 6.89. The average molecular weight is 407 g/mol. The Morgan fingerprint density at radius 2 is 1.68 bits per heavy atom. The molecule has 1 saturated carbocycles. The van der Waals surface area contributed by atoms with Crippen LogP contribution in [-0.4, -0.2) is 17.2 Å². The number of hydrogen-bond donors (Lipinski definition) is 0. The van der Waals surface area contributed by atoms with E-state index in [4.69, 9.17) is 4.52 Å². The van der Waals surface area contributed by atoms with Crippen LogP contribution in [-0.2, 0) is 13.9 Å². The summed E-state index contributed by atoms with van der Waals surface area (Å²) in [5, 5.41) is 0. The second-order valence-corrected chi connectivity index (χ2v) is 10.9. The highest BCUT2D eigenvalue weighted by Crippen LogP contribution is 2.59. The molecule has 0 aromatic heterocycles. The largest absolute Gasteiger partial charge is 0.405 e. The lowest BCUT2D eigenvalue weighted by Gasteiger charge is -2.30. The highest BCUT2D eigenvalue weighted by atomic mass is 31.2. The summed E-state index contributed by atoms with van der Waals surface area (Å²) < 4.78 is 19.7. The monoisotopic (exact) mass is 406 g/mol. The molecule has 0 amide bonds. The van der Waals surface area contributed by atoms with Gasteiger partial charge in [-0.25, -0.2) is 0 Å². The Morgan fingerprint density at radius 1 is 1.11 bits per heavy atom. The zero-order valence-electron chi connectivity index (χ0n) is 18.0. The van der Waals surface area contributed by atoms with Crippen molar-refractivity contribution in [2.75, 3.05) is 0 Å². The van der Waals surface area contributed by atoms with Crippen LogP contribution >= 0.6 is 7.37 Å². The van der Waals surface area contributed by atoms with E-state index in [0.29, 0.717) is 24.8 Å². The molecule has 0 radical (unpaired) electrons. The fourth-order valence-electron chi connectivity index (χ4n) is 4.23. The van der Waals surface area contributed by atoms with Gasteiger partial charge in [-0.15, -0.1) is 0 Å². The van der Waals surface area contributed by atoms with Gasteiger partial charge in [-0.05, 0) is 51.2 Å². The Morgan fingerprint density at radius 3 is 2.21 bits per heavy atom. The number of benzene rings is 1. The molecule has 2 unspecified atom stereocenters. The summed E-state index contributed by atoms with van der Waals surface area (Å²) in [5.41, 5.74) is 2.31. The van der Waals surface area contributed by atoms with Gasteiger partial charge >= 0.3 is 13.3 Å². The molecule has 2 rings (SSSR count). The zero-order valence-corrected chi connectivity index (χ0v) is 18.9. The second kappa shape index (κ2) is 9.87. The molecule has 28 heavy (non-hydrogen) atoms. The van der Waals surface area contributed by atoms with Crippen LogP contribution in [0.3, 0.4) is 0 Å². The van der Waals surface area contributed by atoms with Crippen LogP contribution < -0.4 is 0 Å². The van der Waals surface area contributed by atoms with E-state index >= 15 is 0 Å². The van der Waals surface area contributed by atoms with E-state index in [2.05, 4.69) is 6.92 Å². The van der Waals surface area contributed by atoms with Gasteiger partial charge in [0.25, 0.3) is 5.52 Å². The first-order valence-corrected chi connectivity index (χ1v) is 12.4. The van der Waals surface area contributed by atoms with Gasteiger partial charge in [0, 0.05) is 5.56 Å². The van der Waals surface area contributed by atoms with E-state index in [9.17, 15) is 14.2 Å². The third kappa shape index (κ3) is 5.14. The van der Waals surface area contributed by atoms with Crippen LogP contribution in [0, 0.1) is 26.7 Å². The quantitative estimate of drug-likeness (QED) is 0.449. The van der Waals surface area contributed by atoms with Crippen molar-refractivity contribution < 1.29 is 18.7 Å². The highest BCUT2D eigenvalue weighted by Gasteiger charge is 2.46. The van der Waals surface area contributed by atoms with E-state index in [1.54, 1.807) is 6.92 Å². The minimum absolute atomic E-state index is 0.343. The van der Waals surface area contributed by atoms with Gasteiger partial charge in [-0.1, -0.05) is 63.6 Å². The molecular formula is C23H35O4P. The van der Waals surface area contributed by atoms with Crippen molar-refractivity contribution in [2.45, 2.75) is 91.6 Å². The van der Waals surface area contributed by atoms with E-state index in [1.807, 2.05) is 32.9 Å². The van der Waals surface area contributed by atoms with Crippen molar-refractivity contribution in [2.24, 2.45) is 5.92 Å². The number of aryl methyl sites for hydroxylation is 3. The van der Waals surface area contributed by atoms with E-state index in [-0.39, 0.29) is 11.6 Å². The first-order valence-electron chi connectivity index (χ1n) is 10.7. The predicted octanol–water partition coefficient (Wildman–Crippen LogP) is 6.73. The molecule has 0 saturated heterocycles. The van der Waals surface area contributed by atoms with Gasteiger partial charge in [-0.2, -0.15) is 0 Å². The van der Waals surface area contributed by atoms with Gasteiger partial charge < -0.3 is 4.52 Å². The lowest BCUT2D eigenvalue weighted by Crippen LogP contribution is -2.25. The maximum Gasteiger partial charge on any atom is 0.321 e. The molecular weight excluding hydrogens is 371 g/mol. The lowest BCUT2D eigenvalue weighted by molar-refractivity contribution is -0.138. The average Bonchev–Trinajstić information content (AvgIpc) is 2.65. The van der Waals surface area contributed by atoms with Crippen LogP contribution in [0.15, 0.2) is 12.1 Å². The Bertz CT molecular complexity index is 739. The van der Waals surface area contributed by atoms with Gasteiger partial charge in [0.2, 0.25) is 0 Å². The molecule has 0 spiro atoms. The SMILES string of the molecule is CCCCC(C)C(=O)OP(=O)(C(=O)c1c(C)cc(C)cc1C)C1CCCCC1. The molecule has 156 valence electrons. The van der Waals surface area contributed by atoms with E-state index in [0.717, 1.165) is 48.8 Å². The molecule has 2 atom stereocenters. The lowest BCUT2D eigenvalue weighted by atomic mass is 10.0. The number of hydrogen-bond acceptors (Lipinski definition) is 4. The normalized spacial score (nSPS) is 18.3. The number of carbonyl (C=O) groups is 2. The Labute approximate surface area is 169 Å². The van der Waals surface area contributed by atoms with E-state index < -0.39 is 18.9 Å². The third-order valence-corrected chi connectivity index (χ3v) is 8.57. The van der Waals surface area contributed by atoms with Crippen LogP contribution in [0.1, 0.15) is 92.3 Å². The predicted molar refractivity (Wildman–Crippen MR) is 114 cm³/mol. The summed E-state index contributed by atoms with van der Waals surface area (Å²) in [7, 11) is -3.81. The van der Waals surface area contributed by atoms with Gasteiger partial charge in [0.05, 0.1) is 11.6 Å². The number of rotatable bonds is 8. The molecule has 1 fully saturated rings. The fraction of sp³-hybridized carbons (Fsp3) is 0.652. The van der Waals surface area contributed by atoms with Gasteiger partial charge in [-0.3, -0.25) is 14.2 Å². The first kappa shape index (κ1) is 22.9. The molecule has 0 N–H and O–H groups in total.